The van der Waals surface area contributed by atoms with Crippen molar-refractivity contribution in [3.05, 3.63) is 30.1 Å². The molecular weight excluding hydrogens is 471 g/mol. The van der Waals surface area contributed by atoms with Crippen molar-refractivity contribution in [2.24, 2.45) is 11.8 Å². The van der Waals surface area contributed by atoms with Crippen molar-refractivity contribution in [1.29, 1.82) is 0 Å². The summed E-state index contributed by atoms with van der Waals surface area (Å²) in [6.45, 7) is 1.97. The first-order valence-corrected chi connectivity index (χ1v) is 6.45. The average molecular weight is 489 g/mol. The minimum absolute atomic E-state index is 0. The van der Waals surface area contributed by atoms with Crippen molar-refractivity contribution in [2.45, 2.75) is 32.0 Å². The van der Waals surface area contributed by atoms with E-state index in [1.54, 1.807) is 6.20 Å². The van der Waals surface area contributed by atoms with E-state index in [4.69, 9.17) is 4.74 Å². The van der Waals surface area contributed by atoms with Gasteiger partial charge < -0.3 is 30.7 Å². The van der Waals surface area contributed by atoms with Crippen LogP contribution in [0.5, 0.6) is 0 Å². The van der Waals surface area contributed by atoms with E-state index in [0.717, 1.165) is 5.69 Å². The van der Waals surface area contributed by atoms with Gasteiger partial charge in [-0.25, -0.2) is 0 Å². The number of aromatic nitrogens is 1. The number of ether oxygens (including phenoxy) is 1. The maximum absolute atomic E-state index is 10.6. The van der Waals surface area contributed by atoms with E-state index < -0.39 is 36.0 Å². The molecule has 0 aromatic carbocycles. The predicted molar refractivity (Wildman–Crippen MR) is 68.9 cm³/mol. The van der Waals surface area contributed by atoms with Crippen LogP contribution in [0.25, 0.3) is 0 Å². The number of carboxylic acids is 2. The number of aliphatic carboxylic acids is 2. The minimum atomic E-state index is -1.35. The van der Waals surface area contributed by atoms with Crippen LogP contribution >= 0.6 is 0 Å². The molecule has 0 amide bonds. The number of aryl methyl sites for hydroxylation is 1. The molecule has 0 saturated carbocycles. The number of carbonyl (C=O) groups is 2. The first-order valence-electron chi connectivity index (χ1n) is 6.45. The summed E-state index contributed by atoms with van der Waals surface area (Å²) < 4.78 is 5.18. The third kappa shape index (κ3) is 4.60. The second-order valence-electron chi connectivity index (χ2n) is 4.95. The molecule has 0 aliphatic carbocycles. The van der Waals surface area contributed by atoms with Gasteiger partial charge in [-0.3, -0.25) is 4.98 Å². The van der Waals surface area contributed by atoms with E-state index in [2.05, 4.69) is 4.98 Å². The molecule has 0 spiro atoms. The monoisotopic (exact) mass is 489 g/mol. The van der Waals surface area contributed by atoms with Gasteiger partial charge in [0, 0.05) is 35.7 Å². The topological polar surface area (TPSA) is 137 Å². The molecule has 4 unspecified atom stereocenters. The van der Waals surface area contributed by atoms with Gasteiger partial charge >= 0.3 is 21.1 Å². The summed E-state index contributed by atoms with van der Waals surface area (Å²) in [7, 11) is 0. The van der Waals surface area contributed by atoms with E-state index in [0.29, 0.717) is 12.8 Å². The van der Waals surface area contributed by atoms with Gasteiger partial charge in [0.05, 0.1) is 12.2 Å². The van der Waals surface area contributed by atoms with Crippen LogP contribution in [0.4, 0.5) is 0 Å². The Labute approximate surface area is 142 Å². The number of carboxylic acid groups (broad SMARTS) is 2. The number of nitrogens with zero attached hydrogens (tertiary/aromatic N) is 1. The molecule has 2 aliphatic rings. The molecule has 2 fully saturated rings. The Morgan fingerprint density at radius 1 is 1.14 bits per heavy atom. The van der Waals surface area contributed by atoms with Gasteiger partial charge in [0.15, 0.2) is 0 Å². The van der Waals surface area contributed by atoms with E-state index in [1.807, 2.05) is 25.1 Å². The minimum Gasteiger partial charge on any atom is -0.550 e. The summed E-state index contributed by atoms with van der Waals surface area (Å²) in [5.74, 6) is -4.74. The molecule has 3 N–H and O–H groups in total. The number of rotatable bonds is 2. The predicted octanol–water partition coefficient (Wildman–Crippen LogP) is -1.17. The van der Waals surface area contributed by atoms with Crippen molar-refractivity contribution >= 4 is 11.9 Å². The molecule has 8 heteroatoms. The molecule has 2 saturated heterocycles. The van der Waals surface area contributed by atoms with Crippen LogP contribution in [-0.4, -0.2) is 29.1 Å². The number of fused-ring (bicyclic) bond motifs is 2. The van der Waals surface area contributed by atoms with E-state index >= 15 is 0 Å². The molecule has 124 valence electrons. The quantitative estimate of drug-likeness (QED) is 0.553. The summed E-state index contributed by atoms with van der Waals surface area (Å²) in [5, 5.41) is 21.2. The van der Waals surface area contributed by atoms with E-state index in [-0.39, 0.29) is 27.2 Å². The summed E-state index contributed by atoms with van der Waals surface area (Å²) in [5.41, 5.74) is 1.07. The van der Waals surface area contributed by atoms with Crippen LogP contribution in [0.2, 0.25) is 0 Å². The van der Waals surface area contributed by atoms with Crippen molar-refractivity contribution < 1.29 is 45.6 Å². The Morgan fingerprint density at radius 2 is 1.64 bits per heavy atom. The van der Waals surface area contributed by atoms with E-state index in [9.17, 15) is 19.8 Å². The zero-order valence-electron chi connectivity index (χ0n) is 12.0. The fourth-order valence-electron chi connectivity index (χ4n) is 2.72. The van der Waals surface area contributed by atoms with Crippen LogP contribution < -0.4 is 16.4 Å². The van der Waals surface area contributed by atoms with E-state index in [1.165, 1.54) is 0 Å². The van der Waals surface area contributed by atoms with Crippen LogP contribution in [-0.2, 0) is 35.4 Å². The average Bonchev–Trinajstić information content (AvgIpc) is 3.00. The van der Waals surface area contributed by atoms with Gasteiger partial charge in [-0.05, 0) is 31.9 Å². The molecule has 1 aromatic rings. The summed E-state index contributed by atoms with van der Waals surface area (Å²) in [6, 6.07) is 5.86. The smallest absolute Gasteiger partial charge is 0.550 e. The Bertz CT molecular complexity index is 473. The molecule has 2 bridgehead atoms. The van der Waals surface area contributed by atoms with Crippen molar-refractivity contribution in [2.75, 3.05) is 0 Å². The fourth-order valence-corrected chi connectivity index (χ4v) is 2.72. The zero-order valence-corrected chi connectivity index (χ0v) is 14.3. The molecule has 3 rings (SSSR count). The molecule has 1 aromatic heterocycles. The first-order chi connectivity index (χ1) is 9.50. The van der Waals surface area contributed by atoms with Crippen LogP contribution in [0, 0.1) is 18.8 Å². The van der Waals surface area contributed by atoms with Crippen LogP contribution in [0.15, 0.2) is 24.4 Å². The van der Waals surface area contributed by atoms with Crippen LogP contribution in [0.1, 0.15) is 18.5 Å². The Balaban J connectivity index is 0.000000425. The van der Waals surface area contributed by atoms with Crippen molar-refractivity contribution in [3.8, 4) is 0 Å². The third-order valence-electron chi connectivity index (χ3n) is 3.63. The van der Waals surface area contributed by atoms with Crippen molar-refractivity contribution in [1.82, 2.24) is 11.1 Å². The van der Waals surface area contributed by atoms with Crippen molar-refractivity contribution in [3.63, 3.8) is 0 Å². The molecule has 0 radical (unpaired) electrons. The maximum Gasteiger partial charge on any atom is 2.00 e. The molecule has 3 heterocycles. The van der Waals surface area contributed by atoms with Gasteiger partial charge in [0.1, 0.15) is 0 Å². The normalized spacial score (nSPS) is 27.7. The summed E-state index contributed by atoms with van der Waals surface area (Å²) >= 11 is 0. The zero-order chi connectivity index (χ0) is 14.7. The van der Waals surface area contributed by atoms with Gasteiger partial charge in [0.25, 0.3) is 0 Å². The van der Waals surface area contributed by atoms with Gasteiger partial charge in [0.2, 0.25) is 0 Å². The van der Waals surface area contributed by atoms with Gasteiger partial charge in [-0.2, -0.15) is 0 Å². The second-order valence-corrected chi connectivity index (χ2v) is 4.95. The van der Waals surface area contributed by atoms with Crippen LogP contribution in [0.3, 0.4) is 0 Å². The SMILES string of the molecule is Cc1ccccn1.N.O=C([O-])C1C2CCC(O2)C1C(=O)[O-].[Pt+2]. The molecule has 2 aliphatic heterocycles. The standard InChI is InChI=1S/C8H10O5.C6H7N.H3N.Pt/c9-7(10)5-3-1-2-4(13-3)6(5)8(11)12;1-6-4-2-3-5-7-6;;/h3-6H,1-2H2,(H,9,10)(H,11,12);2-5H,1H3;1H3;/q;;;+2/p-2. The molecular formula is C14H18N2O5Pt. The number of hydrogen-bond acceptors (Lipinski definition) is 7. The van der Waals surface area contributed by atoms with Gasteiger partial charge in [-0.1, -0.05) is 6.07 Å². The molecule has 4 atom stereocenters. The van der Waals surface area contributed by atoms with Gasteiger partial charge in [-0.15, -0.1) is 0 Å². The first kappa shape index (κ1) is 20.7. The largest absolute Gasteiger partial charge is 2.00 e. The third-order valence-corrected chi connectivity index (χ3v) is 3.63. The fraction of sp³-hybridized carbons (Fsp3) is 0.500. The maximum atomic E-state index is 10.6. The summed E-state index contributed by atoms with van der Waals surface area (Å²) in [4.78, 5) is 25.2. The molecule has 7 nitrogen and oxygen atoms in total. The summed E-state index contributed by atoms with van der Waals surface area (Å²) in [6.07, 6.45) is 2.02. The Morgan fingerprint density at radius 3 is 1.91 bits per heavy atom. The Kier molecular flexibility index (Phi) is 8.45. The second kappa shape index (κ2) is 8.98. The number of hydrogen-bond donors (Lipinski definition) is 1. The Hall–Kier alpha value is -1.30. The number of carbonyl (C=O) groups excluding carboxylic acids is 2. The molecule has 22 heavy (non-hydrogen) atoms. The number of pyridine rings is 1.